The number of nitrogens with two attached hydrogens (primary N) is 1. The van der Waals surface area contributed by atoms with Gasteiger partial charge in [0, 0.05) is 6.42 Å². The number of carbonyl (C=O) groups is 1. The van der Waals surface area contributed by atoms with Crippen LogP contribution >= 0.6 is 0 Å². The Morgan fingerprint density at radius 2 is 2.21 bits per heavy atom. The zero-order chi connectivity index (χ0) is 11.2. The Kier molecular flexibility index (Phi) is 5.72. The molecule has 0 saturated heterocycles. The first-order chi connectivity index (χ1) is 6.47. The smallest absolute Gasteiger partial charge is 0.220 e. The van der Waals surface area contributed by atoms with Crippen LogP contribution in [0.15, 0.2) is 0 Å². The summed E-state index contributed by atoms with van der Waals surface area (Å²) in [4.78, 5) is 11.5. The van der Waals surface area contributed by atoms with Crippen molar-refractivity contribution < 1.29 is 9.90 Å². The van der Waals surface area contributed by atoms with E-state index in [1.54, 1.807) is 0 Å². The number of rotatable bonds is 6. The highest BCUT2D eigenvalue weighted by molar-refractivity contribution is 5.77. The third kappa shape index (κ3) is 4.58. The first kappa shape index (κ1) is 13.4. The summed E-state index contributed by atoms with van der Waals surface area (Å²) in [5.41, 5.74) is 4.93. The minimum Gasteiger partial charge on any atom is -0.394 e. The van der Waals surface area contributed by atoms with Crippen molar-refractivity contribution in [3.05, 3.63) is 0 Å². The molecule has 0 radical (unpaired) electrons. The second-order valence-corrected chi connectivity index (χ2v) is 4.17. The summed E-state index contributed by atoms with van der Waals surface area (Å²) in [6, 6.07) is 0. The second-order valence-electron chi connectivity index (χ2n) is 4.17. The number of nitrogens with one attached hydrogen (secondary N) is 1. The van der Waals surface area contributed by atoms with Gasteiger partial charge in [0.05, 0.1) is 12.1 Å². The Morgan fingerprint density at radius 1 is 1.64 bits per heavy atom. The highest BCUT2D eigenvalue weighted by Crippen LogP contribution is 2.09. The second kappa shape index (κ2) is 5.98. The molecule has 0 aromatic rings. The maximum atomic E-state index is 11.5. The van der Waals surface area contributed by atoms with Gasteiger partial charge in [0.2, 0.25) is 5.91 Å². The molecule has 0 aliphatic rings. The molecule has 4 heteroatoms. The fraction of sp³-hybridized carbons (Fsp3) is 0.900. The molecule has 1 amide bonds. The van der Waals surface area contributed by atoms with Crippen molar-refractivity contribution in [2.75, 3.05) is 13.2 Å². The molecule has 0 saturated carbocycles. The van der Waals surface area contributed by atoms with E-state index in [2.05, 4.69) is 5.32 Å². The molecular weight excluding hydrogens is 180 g/mol. The van der Waals surface area contributed by atoms with E-state index >= 15 is 0 Å². The third-order valence-electron chi connectivity index (χ3n) is 2.51. The van der Waals surface area contributed by atoms with Gasteiger partial charge in [-0.25, -0.2) is 0 Å². The summed E-state index contributed by atoms with van der Waals surface area (Å²) >= 11 is 0. The number of aliphatic hydroxyl groups excluding tert-OH is 1. The van der Waals surface area contributed by atoms with Crippen LogP contribution in [-0.2, 0) is 4.79 Å². The molecule has 4 N–H and O–H groups in total. The number of hydrogen-bond donors (Lipinski definition) is 3. The average Bonchev–Trinajstić information content (AvgIpc) is 2.17. The molecule has 0 aromatic heterocycles. The van der Waals surface area contributed by atoms with Gasteiger partial charge < -0.3 is 16.2 Å². The lowest BCUT2D eigenvalue weighted by atomic mass is 9.99. The minimum atomic E-state index is -0.495. The predicted octanol–water partition coefficient (Wildman–Crippen LogP) is 0.249. The van der Waals surface area contributed by atoms with Gasteiger partial charge in [-0.2, -0.15) is 0 Å². The molecule has 0 bridgehead atoms. The molecule has 4 nitrogen and oxygen atoms in total. The van der Waals surface area contributed by atoms with Crippen LogP contribution in [0, 0.1) is 5.92 Å². The summed E-state index contributed by atoms with van der Waals surface area (Å²) in [6.07, 6.45) is 1.14. The quantitative estimate of drug-likeness (QED) is 0.578. The summed E-state index contributed by atoms with van der Waals surface area (Å²) < 4.78 is 0. The van der Waals surface area contributed by atoms with E-state index < -0.39 is 5.54 Å². The molecule has 0 aliphatic heterocycles. The lowest BCUT2D eigenvalue weighted by Gasteiger charge is -2.27. The molecule has 0 spiro atoms. The van der Waals surface area contributed by atoms with Crippen LogP contribution in [0.4, 0.5) is 0 Å². The van der Waals surface area contributed by atoms with Crippen molar-refractivity contribution in [2.45, 2.75) is 39.2 Å². The van der Waals surface area contributed by atoms with Gasteiger partial charge in [0.15, 0.2) is 0 Å². The molecule has 84 valence electrons. The molecule has 2 atom stereocenters. The monoisotopic (exact) mass is 202 g/mol. The number of hydrogen-bond acceptors (Lipinski definition) is 3. The summed E-state index contributed by atoms with van der Waals surface area (Å²) in [6.45, 7) is 6.17. The van der Waals surface area contributed by atoms with E-state index in [9.17, 15) is 4.79 Å². The molecule has 2 unspecified atom stereocenters. The van der Waals surface area contributed by atoms with Gasteiger partial charge >= 0.3 is 0 Å². The van der Waals surface area contributed by atoms with Crippen LogP contribution in [0.3, 0.4) is 0 Å². The van der Waals surface area contributed by atoms with Gasteiger partial charge in [-0.3, -0.25) is 4.79 Å². The highest BCUT2D eigenvalue weighted by atomic mass is 16.3. The van der Waals surface area contributed by atoms with Crippen molar-refractivity contribution in [2.24, 2.45) is 11.7 Å². The predicted molar refractivity (Wildman–Crippen MR) is 56.8 cm³/mol. The Morgan fingerprint density at radius 3 is 2.57 bits per heavy atom. The fourth-order valence-corrected chi connectivity index (χ4v) is 1.03. The maximum absolute atomic E-state index is 11.5. The topological polar surface area (TPSA) is 75.3 Å². The SMILES string of the molecule is CCC(C)(CO)NC(=O)CC(C)CN. The zero-order valence-corrected chi connectivity index (χ0v) is 9.34. The van der Waals surface area contributed by atoms with Crippen molar-refractivity contribution >= 4 is 5.91 Å². The van der Waals surface area contributed by atoms with Crippen LogP contribution < -0.4 is 11.1 Å². The molecule has 0 heterocycles. The Balaban J connectivity index is 4.04. The Hall–Kier alpha value is -0.610. The molecule has 0 aliphatic carbocycles. The summed E-state index contributed by atoms with van der Waals surface area (Å²) in [5, 5.41) is 11.9. The highest BCUT2D eigenvalue weighted by Gasteiger charge is 2.23. The van der Waals surface area contributed by atoms with E-state index in [-0.39, 0.29) is 18.4 Å². The first-order valence-electron chi connectivity index (χ1n) is 5.09. The van der Waals surface area contributed by atoms with Crippen molar-refractivity contribution in [3.63, 3.8) is 0 Å². The van der Waals surface area contributed by atoms with Gasteiger partial charge in [0.1, 0.15) is 0 Å². The molecule has 0 fully saturated rings. The van der Waals surface area contributed by atoms with Crippen molar-refractivity contribution in [1.82, 2.24) is 5.32 Å². The number of amides is 1. The number of carbonyl (C=O) groups excluding carboxylic acids is 1. The molecular formula is C10H22N2O2. The van der Waals surface area contributed by atoms with E-state index in [1.807, 2.05) is 20.8 Å². The summed E-state index contributed by atoms with van der Waals surface area (Å²) in [7, 11) is 0. The molecule has 14 heavy (non-hydrogen) atoms. The third-order valence-corrected chi connectivity index (χ3v) is 2.51. The standard InChI is InChI=1S/C10H22N2O2/c1-4-10(3,7-13)12-9(14)5-8(2)6-11/h8,13H,4-7,11H2,1-3H3,(H,12,14). The Bertz CT molecular complexity index is 179. The van der Waals surface area contributed by atoms with Gasteiger partial charge in [-0.1, -0.05) is 13.8 Å². The zero-order valence-electron chi connectivity index (χ0n) is 9.34. The van der Waals surface area contributed by atoms with Gasteiger partial charge in [-0.05, 0) is 25.8 Å². The average molecular weight is 202 g/mol. The molecule has 0 rings (SSSR count). The first-order valence-corrected chi connectivity index (χ1v) is 5.09. The normalized spacial score (nSPS) is 17.2. The number of aliphatic hydroxyl groups is 1. The van der Waals surface area contributed by atoms with Crippen LogP contribution in [0.25, 0.3) is 0 Å². The maximum Gasteiger partial charge on any atom is 0.220 e. The van der Waals surface area contributed by atoms with Crippen molar-refractivity contribution in [1.29, 1.82) is 0 Å². The van der Waals surface area contributed by atoms with Crippen LogP contribution in [0.2, 0.25) is 0 Å². The molecule has 0 aromatic carbocycles. The van der Waals surface area contributed by atoms with Crippen LogP contribution in [-0.4, -0.2) is 29.7 Å². The van der Waals surface area contributed by atoms with Gasteiger partial charge in [-0.15, -0.1) is 0 Å². The van der Waals surface area contributed by atoms with E-state index in [0.717, 1.165) is 0 Å². The Labute approximate surface area is 85.9 Å². The van der Waals surface area contributed by atoms with E-state index in [4.69, 9.17) is 10.8 Å². The van der Waals surface area contributed by atoms with E-state index in [0.29, 0.717) is 19.4 Å². The fourth-order valence-electron chi connectivity index (χ4n) is 1.03. The van der Waals surface area contributed by atoms with Crippen molar-refractivity contribution in [3.8, 4) is 0 Å². The lowest BCUT2D eigenvalue weighted by Crippen LogP contribution is -2.48. The van der Waals surface area contributed by atoms with Gasteiger partial charge in [0.25, 0.3) is 0 Å². The summed E-state index contributed by atoms with van der Waals surface area (Å²) in [5.74, 6) is 0.149. The largest absolute Gasteiger partial charge is 0.394 e. The van der Waals surface area contributed by atoms with Crippen LogP contribution in [0.5, 0.6) is 0 Å². The lowest BCUT2D eigenvalue weighted by molar-refractivity contribution is -0.124. The van der Waals surface area contributed by atoms with Crippen LogP contribution in [0.1, 0.15) is 33.6 Å². The van der Waals surface area contributed by atoms with E-state index in [1.165, 1.54) is 0 Å². The minimum absolute atomic E-state index is 0.0355.